The van der Waals surface area contributed by atoms with Gasteiger partial charge in [0.15, 0.2) is 11.0 Å². The molecule has 0 unspecified atom stereocenters. The number of rotatable bonds is 9. The molecule has 0 aliphatic heterocycles. The number of carbonyl (C=O) groups is 1. The van der Waals surface area contributed by atoms with Crippen LogP contribution >= 0.6 is 11.8 Å². The minimum atomic E-state index is -0.228. The minimum absolute atomic E-state index is 0.0446. The van der Waals surface area contributed by atoms with E-state index in [0.29, 0.717) is 30.2 Å². The number of nitrogens with one attached hydrogen (secondary N) is 1. The van der Waals surface area contributed by atoms with Crippen LogP contribution in [0.3, 0.4) is 0 Å². The monoisotopic (exact) mass is 372 g/mol. The van der Waals surface area contributed by atoms with Gasteiger partial charge in [-0.25, -0.2) is 0 Å². The fourth-order valence-corrected chi connectivity index (χ4v) is 3.32. The first-order chi connectivity index (χ1) is 12.6. The van der Waals surface area contributed by atoms with E-state index in [2.05, 4.69) is 22.1 Å². The fourth-order valence-electron chi connectivity index (χ4n) is 2.44. The zero-order valence-corrected chi connectivity index (χ0v) is 16.0. The normalized spacial score (nSPS) is 14.7. The summed E-state index contributed by atoms with van der Waals surface area (Å²) >= 11 is 1.41. The van der Waals surface area contributed by atoms with Gasteiger partial charge in [0.2, 0.25) is 5.91 Å². The van der Waals surface area contributed by atoms with Gasteiger partial charge in [-0.15, -0.1) is 16.8 Å². The van der Waals surface area contributed by atoms with Crippen LogP contribution in [0.5, 0.6) is 5.75 Å². The zero-order valence-electron chi connectivity index (χ0n) is 15.1. The Hall–Kier alpha value is -2.28. The third kappa shape index (κ3) is 4.88. The van der Waals surface area contributed by atoms with Crippen molar-refractivity contribution in [1.29, 1.82) is 0 Å². The molecule has 1 aliphatic carbocycles. The highest BCUT2D eigenvalue weighted by Crippen LogP contribution is 2.25. The molecule has 2 aromatic rings. The van der Waals surface area contributed by atoms with E-state index in [1.807, 2.05) is 42.7 Å². The zero-order chi connectivity index (χ0) is 18.5. The van der Waals surface area contributed by atoms with E-state index in [1.54, 1.807) is 6.08 Å². The summed E-state index contributed by atoms with van der Waals surface area (Å²) in [6, 6.07) is 8.24. The first kappa shape index (κ1) is 18.5. The van der Waals surface area contributed by atoms with Gasteiger partial charge in [0.05, 0.1) is 5.25 Å². The van der Waals surface area contributed by atoms with E-state index >= 15 is 0 Å². The highest BCUT2D eigenvalue weighted by molar-refractivity contribution is 8.00. The number of hydrogen-bond donors (Lipinski definition) is 1. The molecule has 0 spiro atoms. The maximum atomic E-state index is 12.2. The van der Waals surface area contributed by atoms with Crippen LogP contribution in [0.25, 0.3) is 0 Å². The maximum Gasteiger partial charge on any atom is 0.233 e. The Morgan fingerprint density at radius 3 is 3.00 bits per heavy atom. The second-order valence-electron chi connectivity index (χ2n) is 6.45. The highest BCUT2D eigenvalue weighted by atomic mass is 32.2. The maximum absolute atomic E-state index is 12.2. The molecule has 1 heterocycles. The second-order valence-corrected chi connectivity index (χ2v) is 7.75. The van der Waals surface area contributed by atoms with Gasteiger partial charge in [0, 0.05) is 12.6 Å². The van der Waals surface area contributed by atoms with Crippen molar-refractivity contribution in [3.05, 3.63) is 48.3 Å². The predicted octanol–water partition coefficient (Wildman–Crippen LogP) is 3.11. The Bertz CT molecular complexity index is 786. The molecule has 26 heavy (non-hydrogen) atoms. The molecule has 1 atom stereocenters. The Morgan fingerprint density at radius 1 is 1.50 bits per heavy atom. The first-order valence-electron chi connectivity index (χ1n) is 8.76. The Morgan fingerprint density at radius 2 is 2.31 bits per heavy atom. The van der Waals surface area contributed by atoms with Crippen LogP contribution in [0.2, 0.25) is 0 Å². The van der Waals surface area contributed by atoms with Crippen molar-refractivity contribution >= 4 is 17.7 Å². The third-order valence-electron chi connectivity index (χ3n) is 4.04. The van der Waals surface area contributed by atoms with E-state index < -0.39 is 0 Å². The SMILES string of the molecule is C=CCn1c(COc2cccc(C)c2)nnc1S[C@@H](C)C(=O)NC1CC1. The average Bonchev–Trinajstić information content (AvgIpc) is 3.35. The standard InChI is InChI=1S/C19H24N4O2S/c1-4-10-23-17(12-25-16-7-5-6-13(2)11-16)21-22-19(23)26-14(3)18(24)20-15-8-9-15/h4-7,11,14-15H,1,8-10,12H2,2-3H3,(H,20,24)/t14-/m0/s1. The van der Waals surface area contributed by atoms with Crippen molar-refractivity contribution in [1.82, 2.24) is 20.1 Å². The van der Waals surface area contributed by atoms with Crippen molar-refractivity contribution in [2.24, 2.45) is 0 Å². The molecule has 6 nitrogen and oxygen atoms in total. The number of ether oxygens (including phenoxy) is 1. The van der Waals surface area contributed by atoms with Gasteiger partial charge in [-0.05, 0) is 44.4 Å². The molecule has 0 bridgehead atoms. The summed E-state index contributed by atoms with van der Waals surface area (Å²) in [4.78, 5) is 12.2. The predicted molar refractivity (Wildman–Crippen MR) is 102 cm³/mol. The average molecular weight is 372 g/mol. The lowest BCUT2D eigenvalue weighted by Gasteiger charge is -2.13. The quantitative estimate of drug-likeness (QED) is 0.541. The third-order valence-corrected chi connectivity index (χ3v) is 5.12. The van der Waals surface area contributed by atoms with Gasteiger partial charge in [0.1, 0.15) is 12.4 Å². The number of hydrogen-bond acceptors (Lipinski definition) is 5. The van der Waals surface area contributed by atoms with E-state index in [9.17, 15) is 4.79 Å². The molecule has 1 aromatic carbocycles. The molecular weight excluding hydrogens is 348 g/mol. The first-order valence-corrected chi connectivity index (χ1v) is 9.64. The second kappa shape index (κ2) is 8.40. The molecule has 1 N–H and O–H groups in total. The fraction of sp³-hybridized carbons (Fsp3) is 0.421. The highest BCUT2D eigenvalue weighted by Gasteiger charge is 2.27. The van der Waals surface area contributed by atoms with E-state index in [-0.39, 0.29) is 11.2 Å². The number of carbonyl (C=O) groups excluding carboxylic acids is 1. The summed E-state index contributed by atoms with van der Waals surface area (Å²) in [5.41, 5.74) is 1.14. The van der Waals surface area contributed by atoms with Gasteiger partial charge < -0.3 is 10.1 Å². The number of aromatic nitrogens is 3. The molecule has 3 rings (SSSR count). The Labute approximate surface area is 158 Å². The van der Waals surface area contributed by atoms with Crippen molar-refractivity contribution in [3.63, 3.8) is 0 Å². The van der Waals surface area contributed by atoms with E-state index in [0.717, 1.165) is 24.2 Å². The number of benzene rings is 1. The molecule has 7 heteroatoms. The lowest BCUT2D eigenvalue weighted by Crippen LogP contribution is -2.32. The van der Waals surface area contributed by atoms with Gasteiger partial charge >= 0.3 is 0 Å². The summed E-state index contributed by atoms with van der Waals surface area (Å²) in [6.45, 7) is 8.60. The van der Waals surface area contributed by atoms with Crippen LogP contribution in [0.4, 0.5) is 0 Å². The summed E-state index contributed by atoms with van der Waals surface area (Å²) < 4.78 is 7.78. The number of amides is 1. The van der Waals surface area contributed by atoms with Crippen molar-refractivity contribution in [2.75, 3.05) is 0 Å². The Kier molecular flexibility index (Phi) is 5.98. The lowest BCUT2D eigenvalue weighted by atomic mass is 10.2. The summed E-state index contributed by atoms with van der Waals surface area (Å²) in [5.74, 6) is 1.55. The van der Waals surface area contributed by atoms with Crippen LogP contribution in [-0.4, -0.2) is 32.0 Å². The topological polar surface area (TPSA) is 69.0 Å². The lowest BCUT2D eigenvalue weighted by molar-refractivity contribution is -0.120. The smallest absolute Gasteiger partial charge is 0.233 e. The van der Waals surface area contributed by atoms with Gasteiger partial charge in [-0.2, -0.15) is 0 Å². The number of allylic oxidation sites excluding steroid dienone is 1. The van der Waals surface area contributed by atoms with Crippen molar-refractivity contribution in [2.45, 2.75) is 56.3 Å². The number of aryl methyl sites for hydroxylation is 1. The molecule has 1 aliphatic rings. The van der Waals surface area contributed by atoms with Crippen LogP contribution in [0, 0.1) is 6.92 Å². The van der Waals surface area contributed by atoms with Gasteiger partial charge in [0.25, 0.3) is 0 Å². The Balaban J connectivity index is 1.66. The van der Waals surface area contributed by atoms with Gasteiger partial charge in [-0.1, -0.05) is 30.0 Å². The molecule has 1 fully saturated rings. The number of thioether (sulfide) groups is 1. The molecule has 1 saturated carbocycles. The van der Waals surface area contributed by atoms with Crippen LogP contribution in [-0.2, 0) is 17.9 Å². The largest absolute Gasteiger partial charge is 0.486 e. The van der Waals surface area contributed by atoms with Crippen molar-refractivity contribution < 1.29 is 9.53 Å². The summed E-state index contributed by atoms with van der Waals surface area (Å²) in [7, 11) is 0. The molecule has 1 amide bonds. The van der Waals surface area contributed by atoms with Crippen molar-refractivity contribution in [3.8, 4) is 5.75 Å². The summed E-state index contributed by atoms with van der Waals surface area (Å²) in [6.07, 6.45) is 3.95. The van der Waals surface area contributed by atoms with E-state index in [1.165, 1.54) is 11.8 Å². The molecular formula is C19H24N4O2S. The van der Waals surface area contributed by atoms with Gasteiger partial charge in [-0.3, -0.25) is 9.36 Å². The van der Waals surface area contributed by atoms with Crippen LogP contribution in [0.15, 0.2) is 42.1 Å². The molecule has 138 valence electrons. The number of nitrogens with zero attached hydrogens (tertiary/aromatic N) is 3. The molecule has 0 radical (unpaired) electrons. The molecule has 1 aromatic heterocycles. The van der Waals surface area contributed by atoms with E-state index in [4.69, 9.17) is 4.74 Å². The summed E-state index contributed by atoms with van der Waals surface area (Å²) in [5, 5.41) is 12.0. The van der Waals surface area contributed by atoms with Crippen LogP contribution in [0.1, 0.15) is 31.2 Å². The van der Waals surface area contributed by atoms with Crippen LogP contribution < -0.4 is 10.1 Å². The molecule has 0 saturated heterocycles. The minimum Gasteiger partial charge on any atom is -0.486 e.